The van der Waals surface area contributed by atoms with Crippen LogP contribution in [0.25, 0.3) is 11.1 Å². The van der Waals surface area contributed by atoms with Crippen molar-refractivity contribution in [2.75, 3.05) is 0 Å². The van der Waals surface area contributed by atoms with Crippen LogP contribution in [-0.4, -0.2) is 17.5 Å². The number of hydrogen-bond acceptors (Lipinski definition) is 3. The van der Waals surface area contributed by atoms with Gasteiger partial charge in [-0.25, -0.2) is 4.39 Å². The Kier molecular flexibility index (Phi) is 3.77. The molecule has 1 heterocycles. The summed E-state index contributed by atoms with van der Waals surface area (Å²) < 4.78 is 19.2. The number of rotatable bonds is 3. The number of aldehydes is 1. The molecule has 3 nitrogen and oxygen atoms in total. The van der Waals surface area contributed by atoms with Gasteiger partial charge in [-0.2, -0.15) is 0 Å². The summed E-state index contributed by atoms with van der Waals surface area (Å²) in [5, 5.41) is 9.68. The minimum Gasteiger partial charge on any atom is -0.459 e. The lowest BCUT2D eigenvalue weighted by Gasteiger charge is -2.25. The van der Waals surface area contributed by atoms with Crippen molar-refractivity contribution in [2.45, 2.75) is 18.9 Å². The van der Waals surface area contributed by atoms with Crippen LogP contribution in [0.3, 0.4) is 0 Å². The molecule has 2 atom stereocenters. The predicted molar refractivity (Wildman–Crippen MR) is 81.0 cm³/mol. The summed E-state index contributed by atoms with van der Waals surface area (Å²) in [5.74, 6) is -0.0132. The second-order valence-corrected chi connectivity index (χ2v) is 5.24. The molecule has 0 bridgehead atoms. The highest BCUT2D eigenvalue weighted by Crippen LogP contribution is 2.40. The van der Waals surface area contributed by atoms with Gasteiger partial charge in [0.05, 0.1) is 5.92 Å². The molecule has 0 aromatic heterocycles. The van der Waals surface area contributed by atoms with Crippen LogP contribution in [0.4, 0.5) is 4.39 Å². The zero-order valence-electron chi connectivity index (χ0n) is 12.0. The number of aliphatic hydroxyl groups excluding tert-OH is 1. The molecule has 0 fully saturated rings. The lowest BCUT2D eigenvalue weighted by atomic mass is 9.88. The van der Waals surface area contributed by atoms with Crippen LogP contribution in [0.1, 0.15) is 18.4 Å². The van der Waals surface area contributed by atoms with Gasteiger partial charge in [-0.1, -0.05) is 24.3 Å². The maximum Gasteiger partial charge on any atom is 0.131 e. The van der Waals surface area contributed by atoms with Crippen LogP contribution < -0.4 is 4.74 Å². The van der Waals surface area contributed by atoms with Gasteiger partial charge < -0.3 is 14.6 Å². The molecular formula is C18H15FO3. The Balaban J connectivity index is 2.16. The van der Waals surface area contributed by atoms with Crippen LogP contribution in [0.2, 0.25) is 0 Å². The number of allylic oxidation sites excluding steroid dienone is 1. The molecule has 1 aliphatic heterocycles. The van der Waals surface area contributed by atoms with Crippen LogP contribution in [-0.2, 0) is 4.79 Å². The van der Waals surface area contributed by atoms with Gasteiger partial charge in [0, 0.05) is 5.56 Å². The van der Waals surface area contributed by atoms with E-state index in [1.807, 2.05) is 6.07 Å². The zero-order valence-corrected chi connectivity index (χ0v) is 12.0. The third-order valence-electron chi connectivity index (χ3n) is 3.67. The summed E-state index contributed by atoms with van der Waals surface area (Å²) in [6, 6.07) is 11.6. The Labute approximate surface area is 127 Å². The number of carbonyl (C=O) groups excluding carboxylic acids is 1. The van der Waals surface area contributed by atoms with E-state index in [4.69, 9.17) is 4.74 Å². The summed E-state index contributed by atoms with van der Waals surface area (Å²) in [6.45, 7) is 1.58. The lowest BCUT2D eigenvalue weighted by Crippen LogP contribution is -2.18. The van der Waals surface area contributed by atoms with Gasteiger partial charge in [0.25, 0.3) is 0 Å². The molecule has 0 saturated carbocycles. The van der Waals surface area contributed by atoms with Gasteiger partial charge in [-0.15, -0.1) is 0 Å². The Morgan fingerprint density at radius 2 is 2.05 bits per heavy atom. The summed E-state index contributed by atoms with van der Waals surface area (Å²) >= 11 is 0. The molecule has 4 heteroatoms. The largest absolute Gasteiger partial charge is 0.459 e. The Morgan fingerprint density at radius 3 is 2.73 bits per heavy atom. The summed E-state index contributed by atoms with van der Waals surface area (Å²) in [5.41, 5.74) is 2.11. The SMILES string of the molecule is CC(O)C1=CC(C=O)c2c(cccc2-c2cccc(F)c2)O1. The van der Waals surface area contributed by atoms with Crippen molar-refractivity contribution in [2.24, 2.45) is 0 Å². The third kappa shape index (κ3) is 2.53. The monoisotopic (exact) mass is 298 g/mol. The normalized spacial score (nSPS) is 18.0. The van der Waals surface area contributed by atoms with Gasteiger partial charge in [0.2, 0.25) is 0 Å². The molecule has 2 unspecified atom stereocenters. The second kappa shape index (κ2) is 5.73. The molecular weight excluding hydrogens is 283 g/mol. The molecule has 112 valence electrons. The second-order valence-electron chi connectivity index (χ2n) is 5.24. The van der Waals surface area contributed by atoms with E-state index in [1.165, 1.54) is 12.1 Å². The highest BCUT2D eigenvalue weighted by molar-refractivity contribution is 5.79. The molecule has 0 spiro atoms. The summed E-state index contributed by atoms with van der Waals surface area (Å²) in [6.07, 6.45) is 1.60. The number of hydrogen-bond donors (Lipinski definition) is 1. The van der Waals surface area contributed by atoms with Crippen molar-refractivity contribution in [1.29, 1.82) is 0 Å². The van der Waals surface area contributed by atoms with Gasteiger partial charge in [0.15, 0.2) is 0 Å². The molecule has 0 aliphatic carbocycles. The van der Waals surface area contributed by atoms with Crippen LogP contribution >= 0.6 is 0 Å². The maximum absolute atomic E-state index is 13.5. The topological polar surface area (TPSA) is 46.5 Å². The van der Waals surface area contributed by atoms with E-state index in [0.29, 0.717) is 22.6 Å². The fourth-order valence-corrected chi connectivity index (χ4v) is 2.64. The standard InChI is InChI=1S/C18H15FO3/c1-11(21)17-9-13(10-20)18-15(6-3-7-16(18)22-17)12-4-2-5-14(19)8-12/h2-11,13,21H,1H3. The van der Waals surface area contributed by atoms with E-state index in [9.17, 15) is 14.3 Å². The van der Waals surface area contributed by atoms with E-state index in [1.54, 1.807) is 37.3 Å². The van der Waals surface area contributed by atoms with Gasteiger partial charge >= 0.3 is 0 Å². The average Bonchev–Trinajstić information content (AvgIpc) is 2.53. The first-order valence-electron chi connectivity index (χ1n) is 7.02. The highest BCUT2D eigenvalue weighted by atomic mass is 19.1. The number of halogens is 1. The number of carbonyl (C=O) groups is 1. The van der Waals surface area contributed by atoms with Crippen LogP contribution in [0.5, 0.6) is 5.75 Å². The van der Waals surface area contributed by atoms with Crippen molar-refractivity contribution < 1.29 is 19.0 Å². The Morgan fingerprint density at radius 1 is 1.27 bits per heavy atom. The first-order chi connectivity index (χ1) is 10.6. The summed E-state index contributed by atoms with van der Waals surface area (Å²) in [4.78, 5) is 11.5. The Bertz CT molecular complexity index is 750. The fourth-order valence-electron chi connectivity index (χ4n) is 2.64. The third-order valence-corrected chi connectivity index (χ3v) is 3.67. The summed E-state index contributed by atoms with van der Waals surface area (Å²) in [7, 11) is 0. The van der Waals surface area contributed by atoms with Crippen LogP contribution in [0, 0.1) is 5.82 Å². The van der Waals surface area contributed by atoms with E-state index in [-0.39, 0.29) is 5.82 Å². The molecule has 1 aliphatic rings. The maximum atomic E-state index is 13.5. The van der Waals surface area contributed by atoms with Crippen LogP contribution in [0.15, 0.2) is 54.3 Å². The molecule has 0 saturated heterocycles. The molecule has 0 amide bonds. The average molecular weight is 298 g/mol. The number of ether oxygens (including phenoxy) is 1. The van der Waals surface area contributed by atoms with Crippen molar-refractivity contribution in [3.05, 3.63) is 65.7 Å². The van der Waals surface area contributed by atoms with Crippen molar-refractivity contribution in [1.82, 2.24) is 0 Å². The quantitative estimate of drug-likeness (QED) is 0.883. The smallest absolute Gasteiger partial charge is 0.131 e. The predicted octanol–water partition coefficient (Wildman–Crippen LogP) is 3.43. The molecule has 2 aromatic rings. The number of benzene rings is 2. The lowest BCUT2D eigenvalue weighted by molar-refractivity contribution is -0.108. The van der Waals surface area contributed by atoms with Crippen molar-refractivity contribution >= 4 is 6.29 Å². The van der Waals surface area contributed by atoms with Gasteiger partial charge in [-0.3, -0.25) is 0 Å². The first-order valence-corrected chi connectivity index (χ1v) is 7.02. The fraction of sp³-hybridized carbons (Fsp3) is 0.167. The van der Waals surface area contributed by atoms with Crippen molar-refractivity contribution in [3.63, 3.8) is 0 Å². The van der Waals surface area contributed by atoms with Crippen molar-refractivity contribution in [3.8, 4) is 16.9 Å². The minimum atomic E-state index is -0.798. The zero-order chi connectivity index (χ0) is 15.7. The molecule has 0 radical (unpaired) electrons. The number of aliphatic hydroxyl groups is 1. The van der Waals surface area contributed by atoms with E-state index in [2.05, 4.69) is 0 Å². The molecule has 3 rings (SSSR count). The first kappa shape index (κ1) is 14.5. The highest BCUT2D eigenvalue weighted by Gasteiger charge is 2.26. The van der Waals surface area contributed by atoms with E-state index in [0.717, 1.165) is 11.8 Å². The Hall–Kier alpha value is -2.46. The molecule has 1 N–H and O–H groups in total. The molecule has 2 aromatic carbocycles. The van der Waals surface area contributed by atoms with Gasteiger partial charge in [-0.05, 0) is 42.3 Å². The number of fused-ring (bicyclic) bond motifs is 1. The van der Waals surface area contributed by atoms with E-state index < -0.39 is 12.0 Å². The molecule has 22 heavy (non-hydrogen) atoms. The van der Waals surface area contributed by atoms with Gasteiger partial charge in [0.1, 0.15) is 29.7 Å². The minimum absolute atomic E-state index is 0.338. The van der Waals surface area contributed by atoms with E-state index >= 15 is 0 Å².